The number of aryl methyl sites for hydroxylation is 1. The number of rotatable bonds is 7. The minimum Gasteiger partial charge on any atom is -0.638 e. The number of alkyl halides is 6. The highest BCUT2D eigenvalue weighted by Gasteiger charge is 2.71. The molecule has 4 heterocycles. The monoisotopic (exact) mass is 630 g/mol. The van der Waals surface area contributed by atoms with Crippen LogP contribution in [-0.4, -0.2) is 97.3 Å². The van der Waals surface area contributed by atoms with E-state index >= 15 is 0 Å². The number of nitrogens with zero attached hydrogens (tertiary/aromatic N) is 5. The van der Waals surface area contributed by atoms with E-state index in [0.29, 0.717) is 88.0 Å². The van der Waals surface area contributed by atoms with Gasteiger partial charge in [-0.15, -0.1) is 0 Å². The molecule has 1 amide bonds. The quantitative estimate of drug-likeness (QED) is 0.456. The van der Waals surface area contributed by atoms with Crippen LogP contribution in [0.2, 0.25) is 0 Å². The van der Waals surface area contributed by atoms with E-state index in [1.807, 2.05) is 22.8 Å². The maximum Gasteiger partial charge on any atom is 0.430 e. The minimum atomic E-state index is -5.96. The van der Waals surface area contributed by atoms with Gasteiger partial charge in [0, 0.05) is 49.2 Å². The summed E-state index contributed by atoms with van der Waals surface area (Å²) in [6.07, 6.45) is -9.62. The van der Waals surface area contributed by atoms with Gasteiger partial charge in [-0.05, 0) is 24.6 Å². The second-order valence-electron chi connectivity index (χ2n) is 11.4. The van der Waals surface area contributed by atoms with E-state index in [4.69, 9.17) is 14.8 Å². The molecule has 3 aliphatic rings. The Kier molecular flexibility index (Phi) is 8.68. The lowest BCUT2D eigenvalue weighted by molar-refractivity contribution is -0.376. The van der Waals surface area contributed by atoms with Crippen molar-refractivity contribution >= 4 is 11.6 Å². The number of carbonyl (C=O) groups excluding carboxylic acids is 1. The van der Waals surface area contributed by atoms with Gasteiger partial charge in [0.05, 0.1) is 12.7 Å². The summed E-state index contributed by atoms with van der Waals surface area (Å²) in [6.45, 7) is 6.88. The first-order chi connectivity index (χ1) is 20.7. The predicted octanol–water partition coefficient (Wildman–Crippen LogP) is 4.33. The van der Waals surface area contributed by atoms with Crippen LogP contribution < -0.4 is 14.4 Å². The average molecular weight is 631 g/mol. The van der Waals surface area contributed by atoms with E-state index in [-0.39, 0.29) is 24.4 Å². The molecule has 2 fully saturated rings. The molecule has 0 radical (unpaired) electrons. The molecule has 0 aliphatic carbocycles. The number of hydrogen-bond acceptors (Lipinski definition) is 7. The molecule has 242 valence electrons. The molecular formula is C29H34F6N5O4-. The third-order valence-electron chi connectivity index (χ3n) is 8.30. The van der Waals surface area contributed by atoms with Crippen LogP contribution in [0.15, 0.2) is 30.5 Å². The van der Waals surface area contributed by atoms with E-state index in [2.05, 4.69) is 4.98 Å². The summed E-state index contributed by atoms with van der Waals surface area (Å²) in [4.78, 5) is 23.1. The van der Waals surface area contributed by atoms with Crippen LogP contribution in [0.25, 0.3) is 5.32 Å². The Morgan fingerprint density at radius 3 is 2.32 bits per heavy atom. The van der Waals surface area contributed by atoms with Gasteiger partial charge in [0.15, 0.2) is 11.5 Å². The van der Waals surface area contributed by atoms with Crippen molar-refractivity contribution in [3.05, 3.63) is 52.6 Å². The number of anilines is 1. The van der Waals surface area contributed by atoms with Crippen molar-refractivity contribution in [2.75, 3.05) is 64.1 Å². The number of carbonyl (C=O) groups is 1. The highest BCUT2D eigenvalue weighted by Crippen LogP contribution is 2.50. The maximum atomic E-state index is 13.5. The van der Waals surface area contributed by atoms with Crippen molar-refractivity contribution in [1.29, 1.82) is 0 Å². The first kappa shape index (κ1) is 32.1. The molecule has 9 nitrogen and oxygen atoms in total. The number of pyridine rings is 1. The van der Waals surface area contributed by atoms with Crippen LogP contribution in [0.3, 0.4) is 0 Å². The van der Waals surface area contributed by atoms with Crippen molar-refractivity contribution in [2.24, 2.45) is 0 Å². The number of amides is 1. The van der Waals surface area contributed by atoms with Crippen molar-refractivity contribution in [3.63, 3.8) is 0 Å². The normalized spacial score (nSPS) is 21.6. The third kappa shape index (κ3) is 6.01. The topological polar surface area (TPSA) is 92.5 Å². The molecule has 44 heavy (non-hydrogen) atoms. The Balaban J connectivity index is 1.22. The van der Waals surface area contributed by atoms with E-state index in [0.717, 1.165) is 6.07 Å². The van der Waals surface area contributed by atoms with Crippen LogP contribution in [0.1, 0.15) is 37.1 Å². The van der Waals surface area contributed by atoms with Gasteiger partial charge >= 0.3 is 12.4 Å². The summed E-state index contributed by atoms with van der Waals surface area (Å²) in [5, 5.41) is 14.6. The Morgan fingerprint density at radius 2 is 1.68 bits per heavy atom. The number of ether oxygens (including phenoxy) is 2. The first-order valence-electron chi connectivity index (χ1n) is 14.4. The average Bonchev–Trinajstić information content (AvgIpc) is 3.36. The zero-order chi connectivity index (χ0) is 31.9. The van der Waals surface area contributed by atoms with Gasteiger partial charge in [-0.3, -0.25) is 9.78 Å². The van der Waals surface area contributed by atoms with Gasteiger partial charge in [0.1, 0.15) is 13.2 Å². The van der Waals surface area contributed by atoms with E-state index in [1.165, 1.54) is 6.07 Å². The largest absolute Gasteiger partial charge is 0.638 e. The van der Waals surface area contributed by atoms with Gasteiger partial charge in [0.2, 0.25) is 5.91 Å². The molecule has 15 heteroatoms. The molecule has 5 rings (SSSR count). The molecule has 2 aromatic rings. The number of aromatic nitrogens is 1. The zero-order valence-electron chi connectivity index (χ0n) is 24.3. The van der Waals surface area contributed by atoms with Crippen molar-refractivity contribution in [3.8, 4) is 11.5 Å². The van der Waals surface area contributed by atoms with E-state index < -0.39 is 29.1 Å². The molecule has 2 saturated heterocycles. The molecule has 0 spiro atoms. The Labute approximate surface area is 250 Å². The number of piperazine rings is 1. The Hall–Kier alpha value is -3.30. The highest BCUT2D eigenvalue weighted by atomic mass is 19.4. The number of benzene rings is 1. The lowest BCUT2D eigenvalue weighted by Gasteiger charge is -2.38. The zero-order valence-corrected chi connectivity index (χ0v) is 24.3. The summed E-state index contributed by atoms with van der Waals surface area (Å²) in [5.41, 5.74) is -5.43. The molecular weight excluding hydrogens is 596 g/mol. The van der Waals surface area contributed by atoms with Crippen molar-refractivity contribution < 1.29 is 45.7 Å². The summed E-state index contributed by atoms with van der Waals surface area (Å²) >= 11 is 0. The minimum absolute atomic E-state index is 0.108. The van der Waals surface area contributed by atoms with Gasteiger partial charge < -0.3 is 34.6 Å². The van der Waals surface area contributed by atoms with Crippen molar-refractivity contribution in [2.45, 2.75) is 50.2 Å². The van der Waals surface area contributed by atoms with Gasteiger partial charge in [0.25, 0.3) is 5.60 Å². The SMILES string of the molecule is CCCc1cc(C(O)(C(F)(F)F)C(F)(F)F)ccc1N1CCN(C(=O)CN2C[N-]C(C)(c3cc4c(cn3)OCCO4)C2)CC1. The van der Waals surface area contributed by atoms with Crippen LogP contribution >= 0.6 is 0 Å². The second kappa shape index (κ2) is 11.9. The smallest absolute Gasteiger partial charge is 0.430 e. The lowest BCUT2D eigenvalue weighted by Crippen LogP contribution is -2.54. The van der Waals surface area contributed by atoms with Crippen LogP contribution in [0.5, 0.6) is 11.5 Å². The lowest BCUT2D eigenvalue weighted by atomic mass is 9.89. The van der Waals surface area contributed by atoms with E-state index in [9.17, 15) is 36.2 Å². The number of halogens is 6. The molecule has 0 bridgehead atoms. The molecule has 1 aromatic carbocycles. The maximum absolute atomic E-state index is 13.5. The van der Waals surface area contributed by atoms with Crippen LogP contribution in [0, 0.1) is 0 Å². The standard InChI is InChI=1S/C29H34F6N5O4/c1-3-4-19-13-20(27(42,28(30,31)32)29(33,34)35)5-6-21(19)39-7-9-40(10-8-39)25(41)16-38-17-26(2,37-18-38)24-14-22-23(15-36-24)44-12-11-43-22/h5-6,13-15,42H,3-4,7-12,16-18H2,1-2H3/q-1. The summed E-state index contributed by atoms with van der Waals surface area (Å²) in [6, 6.07) is 4.48. The van der Waals surface area contributed by atoms with Gasteiger partial charge in [-0.25, -0.2) is 0 Å². The van der Waals surface area contributed by atoms with Crippen LogP contribution in [-0.2, 0) is 22.4 Å². The molecule has 1 atom stereocenters. The fourth-order valence-electron chi connectivity index (χ4n) is 5.87. The summed E-state index contributed by atoms with van der Waals surface area (Å²) in [7, 11) is 0. The molecule has 3 aliphatic heterocycles. The van der Waals surface area contributed by atoms with Gasteiger partial charge in [-0.2, -0.15) is 26.3 Å². The fraction of sp³-hybridized carbons (Fsp3) is 0.586. The highest BCUT2D eigenvalue weighted by molar-refractivity contribution is 5.79. The summed E-state index contributed by atoms with van der Waals surface area (Å²) in [5.74, 6) is 1.08. The molecule has 1 aromatic heterocycles. The Bertz CT molecular complexity index is 1350. The molecule has 0 saturated carbocycles. The number of aliphatic hydroxyl groups is 1. The number of hydrogen-bond donors (Lipinski definition) is 1. The molecule has 1 N–H and O–H groups in total. The number of fused-ring (bicyclic) bond motifs is 1. The van der Waals surface area contributed by atoms with Crippen molar-refractivity contribution in [1.82, 2.24) is 14.8 Å². The first-order valence-corrected chi connectivity index (χ1v) is 14.4. The second-order valence-corrected chi connectivity index (χ2v) is 11.4. The van der Waals surface area contributed by atoms with Gasteiger partial charge in [-0.1, -0.05) is 44.6 Å². The predicted molar refractivity (Wildman–Crippen MR) is 148 cm³/mol. The molecule has 1 unspecified atom stereocenters. The summed E-state index contributed by atoms with van der Waals surface area (Å²) < 4.78 is 92.0. The van der Waals surface area contributed by atoms with E-state index in [1.54, 1.807) is 18.0 Å². The Morgan fingerprint density at radius 1 is 1.02 bits per heavy atom. The fourth-order valence-corrected chi connectivity index (χ4v) is 5.87. The van der Waals surface area contributed by atoms with Crippen LogP contribution in [0.4, 0.5) is 32.0 Å². The third-order valence-corrected chi connectivity index (χ3v) is 8.30.